The third kappa shape index (κ3) is 6.95. The fourth-order valence-electron chi connectivity index (χ4n) is 4.93. The Hall–Kier alpha value is -3.03. The summed E-state index contributed by atoms with van der Waals surface area (Å²) in [5.41, 5.74) is 1.43. The summed E-state index contributed by atoms with van der Waals surface area (Å²) >= 11 is 0. The van der Waals surface area contributed by atoms with E-state index in [-0.39, 0.29) is 30.1 Å². The molecule has 2 aliphatic rings. The Bertz CT molecular complexity index is 1340. The van der Waals surface area contributed by atoms with Gasteiger partial charge in [-0.15, -0.1) is 0 Å². The number of aliphatic hydroxyl groups is 1. The van der Waals surface area contributed by atoms with Gasteiger partial charge in [-0.3, -0.25) is 9.94 Å². The predicted octanol–water partition coefficient (Wildman–Crippen LogP) is 2.92. The van der Waals surface area contributed by atoms with Gasteiger partial charge in [-0.2, -0.15) is 5.10 Å². The molecule has 2 fully saturated rings. The van der Waals surface area contributed by atoms with Gasteiger partial charge in [-0.05, 0) is 43.0 Å². The summed E-state index contributed by atoms with van der Waals surface area (Å²) in [5, 5.41) is 21.6. The molecule has 1 saturated heterocycles. The maximum atomic E-state index is 13.8. The Morgan fingerprint density at radius 2 is 1.95 bits per heavy atom. The van der Waals surface area contributed by atoms with Crippen molar-refractivity contribution in [2.75, 3.05) is 19.8 Å². The molecular formula is C27H34N4O7S. The van der Waals surface area contributed by atoms with Gasteiger partial charge in [0.15, 0.2) is 0 Å². The fourth-order valence-corrected chi connectivity index (χ4v) is 6.25. The van der Waals surface area contributed by atoms with Crippen LogP contribution in [0, 0.1) is 0 Å². The SMILES string of the molecule is O=C(N[C@@H](Cc1ccccc1)[C@@H](O)CN(OC1CCCC1)S(=O)(=O)c1ccc2cn[nH]c2c1)O[C@H]1CCOC1. The van der Waals surface area contributed by atoms with E-state index in [1.54, 1.807) is 12.3 Å². The van der Waals surface area contributed by atoms with E-state index in [2.05, 4.69) is 15.5 Å². The summed E-state index contributed by atoms with van der Waals surface area (Å²) < 4.78 is 39.2. The molecule has 12 heteroatoms. The largest absolute Gasteiger partial charge is 0.444 e. The van der Waals surface area contributed by atoms with E-state index in [0.717, 1.165) is 41.1 Å². The number of ether oxygens (including phenoxy) is 2. The van der Waals surface area contributed by atoms with Crippen molar-refractivity contribution < 1.29 is 32.6 Å². The van der Waals surface area contributed by atoms with Gasteiger partial charge < -0.3 is 19.9 Å². The standard InChI is InChI=1S/C27H34N4O7S/c32-26(25(14-19-6-2-1-3-7-19)29-27(33)37-22-12-13-36-18-22)17-31(38-21-8-4-5-9-21)39(34,35)23-11-10-20-16-28-30-24(20)15-23/h1-3,6-7,10-11,15-16,21-22,25-26,32H,4-5,8-9,12-14,17-18H2,(H,28,30)(H,29,33)/t22-,25-,26-/m0/s1. The van der Waals surface area contributed by atoms with E-state index >= 15 is 0 Å². The number of H-pyrrole nitrogens is 1. The number of sulfonamides is 1. The van der Waals surface area contributed by atoms with Crippen molar-refractivity contribution in [3.8, 4) is 0 Å². The number of aromatic nitrogens is 2. The second kappa shape index (κ2) is 12.4. The average Bonchev–Trinajstić information content (AvgIpc) is 3.71. The number of amides is 1. The van der Waals surface area contributed by atoms with Crippen LogP contribution in [0.1, 0.15) is 37.7 Å². The first kappa shape index (κ1) is 27.5. The molecule has 1 aliphatic carbocycles. The average molecular weight is 559 g/mol. The first-order valence-electron chi connectivity index (χ1n) is 13.3. The molecule has 1 aromatic heterocycles. The van der Waals surface area contributed by atoms with Gasteiger partial charge in [0, 0.05) is 11.8 Å². The van der Waals surface area contributed by atoms with E-state index in [1.165, 1.54) is 12.1 Å². The number of carbonyl (C=O) groups excluding carboxylic acids is 1. The number of nitrogens with zero attached hydrogens (tertiary/aromatic N) is 2. The zero-order valence-electron chi connectivity index (χ0n) is 21.6. The monoisotopic (exact) mass is 558 g/mol. The Balaban J connectivity index is 1.37. The summed E-state index contributed by atoms with van der Waals surface area (Å²) in [7, 11) is -4.16. The number of hydrogen-bond donors (Lipinski definition) is 3. The molecule has 0 spiro atoms. The van der Waals surface area contributed by atoms with Crippen LogP contribution in [0.5, 0.6) is 0 Å². The van der Waals surface area contributed by atoms with Gasteiger partial charge in [-0.25, -0.2) is 13.2 Å². The second-order valence-electron chi connectivity index (χ2n) is 10.0. The molecule has 1 amide bonds. The lowest BCUT2D eigenvalue weighted by atomic mass is 10.0. The number of hydroxylamine groups is 1. The molecule has 3 aromatic rings. The van der Waals surface area contributed by atoms with Crippen LogP contribution in [-0.4, -0.2) is 78.4 Å². The molecule has 2 heterocycles. The third-order valence-corrected chi connectivity index (χ3v) is 8.73. The van der Waals surface area contributed by atoms with Crippen LogP contribution in [0.25, 0.3) is 10.9 Å². The van der Waals surface area contributed by atoms with Gasteiger partial charge in [0.1, 0.15) is 6.10 Å². The van der Waals surface area contributed by atoms with Crippen molar-refractivity contribution in [3.05, 3.63) is 60.3 Å². The van der Waals surface area contributed by atoms with Gasteiger partial charge >= 0.3 is 6.09 Å². The highest BCUT2D eigenvalue weighted by molar-refractivity contribution is 7.89. The summed E-state index contributed by atoms with van der Waals surface area (Å²) in [6, 6.07) is 13.1. The Morgan fingerprint density at radius 1 is 1.15 bits per heavy atom. The first-order chi connectivity index (χ1) is 18.9. The number of nitrogens with one attached hydrogen (secondary N) is 2. The number of alkyl carbamates (subject to hydrolysis) is 1. The van der Waals surface area contributed by atoms with E-state index in [4.69, 9.17) is 14.3 Å². The van der Waals surface area contributed by atoms with Crippen LogP contribution >= 0.6 is 0 Å². The molecule has 2 aromatic carbocycles. The normalized spacial score (nSPS) is 19.9. The summed E-state index contributed by atoms with van der Waals surface area (Å²) in [5.74, 6) is 0. The number of aromatic amines is 1. The molecule has 210 valence electrons. The minimum Gasteiger partial charge on any atom is -0.444 e. The molecule has 3 N–H and O–H groups in total. The zero-order valence-corrected chi connectivity index (χ0v) is 22.4. The Kier molecular flexibility index (Phi) is 8.78. The highest BCUT2D eigenvalue weighted by Crippen LogP contribution is 2.27. The van der Waals surface area contributed by atoms with Crippen LogP contribution in [0.4, 0.5) is 4.79 Å². The van der Waals surface area contributed by atoms with E-state index < -0.39 is 28.3 Å². The summed E-state index contributed by atoms with van der Waals surface area (Å²) in [6.45, 7) is 0.453. The summed E-state index contributed by atoms with van der Waals surface area (Å²) in [6.07, 6.45) is 3.16. The second-order valence-corrected chi connectivity index (χ2v) is 11.8. The molecule has 1 aliphatic heterocycles. The summed E-state index contributed by atoms with van der Waals surface area (Å²) in [4.78, 5) is 18.7. The minimum absolute atomic E-state index is 0.0117. The van der Waals surface area contributed by atoms with Gasteiger partial charge in [-0.1, -0.05) is 47.6 Å². The number of aliphatic hydroxyl groups excluding tert-OH is 1. The van der Waals surface area contributed by atoms with Crippen molar-refractivity contribution in [2.45, 2.75) is 67.8 Å². The molecule has 5 rings (SSSR count). The topological polar surface area (TPSA) is 143 Å². The minimum atomic E-state index is -4.16. The van der Waals surface area contributed by atoms with Crippen LogP contribution in [0.15, 0.2) is 59.6 Å². The van der Waals surface area contributed by atoms with Crippen molar-refractivity contribution in [1.82, 2.24) is 20.0 Å². The molecule has 11 nitrogen and oxygen atoms in total. The molecule has 39 heavy (non-hydrogen) atoms. The van der Waals surface area contributed by atoms with Gasteiger partial charge in [0.2, 0.25) is 0 Å². The smallest absolute Gasteiger partial charge is 0.407 e. The lowest BCUT2D eigenvalue weighted by Gasteiger charge is -2.30. The number of hydrogen-bond acceptors (Lipinski definition) is 8. The molecular weight excluding hydrogens is 524 g/mol. The quantitative estimate of drug-likeness (QED) is 0.305. The van der Waals surface area contributed by atoms with E-state index in [0.29, 0.717) is 25.2 Å². The molecule has 0 bridgehead atoms. The Morgan fingerprint density at radius 3 is 2.69 bits per heavy atom. The number of carbonyl (C=O) groups is 1. The van der Waals surface area contributed by atoms with Crippen molar-refractivity contribution in [2.24, 2.45) is 0 Å². The van der Waals surface area contributed by atoms with Crippen molar-refractivity contribution >= 4 is 27.0 Å². The van der Waals surface area contributed by atoms with Crippen LogP contribution < -0.4 is 5.32 Å². The Labute approximate surface area is 227 Å². The molecule has 3 atom stereocenters. The fraction of sp³-hybridized carbons (Fsp3) is 0.481. The highest BCUT2D eigenvalue weighted by Gasteiger charge is 2.35. The highest BCUT2D eigenvalue weighted by atomic mass is 32.2. The van der Waals surface area contributed by atoms with Crippen LogP contribution in [0.2, 0.25) is 0 Å². The number of rotatable bonds is 11. The lowest BCUT2D eigenvalue weighted by Crippen LogP contribution is -2.51. The maximum Gasteiger partial charge on any atom is 0.407 e. The van der Waals surface area contributed by atoms with Gasteiger partial charge in [0.25, 0.3) is 10.0 Å². The molecule has 0 radical (unpaired) electrons. The molecule has 0 unspecified atom stereocenters. The molecule has 1 saturated carbocycles. The maximum absolute atomic E-state index is 13.8. The van der Waals surface area contributed by atoms with E-state index in [9.17, 15) is 18.3 Å². The first-order valence-corrected chi connectivity index (χ1v) is 14.7. The van der Waals surface area contributed by atoms with E-state index in [1.807, 2.05) is 30.3 Å². The predicted molar refractivity (Wildman–Crippen MR) is 142 cm³/mol. The van der Waals surface area contributed by atoms with Gasteiger partial charge in [0.05, 0.1) is 54.6 Å². The van der Waals surface area contributed by atoms with Crippen LogP contribution in [-0.2, 0) is 30.8 Å². The number of benzene rings is 2. The number of fused-ring (bicyclic) bond motifs is 1. The lowest BCUT2D eigenvalue weighted by molar-refractivity contribution is -0.145. The third-order valence-electron chi connectivity index (χ3n) is 7.11. The van der Waals surface area contributed by atoms with Crippen molar-refractivity contribution in [3.63, 3.8) is 0 Å². The van der Waals surface area contributed by atoms with Crippen LogP contribution in [0.3, 0.4) is 0 Å². The van der Waals surface area contributed by atoms with Crippen molar-refractivity contribution in [1.29, 1.82) is 0 Å². The zero-order chi connectivity index (χ0) is 27.2.